The molecule has 0 aliphatic carbocycles. The van der Waals surface area contributed by atoms with Gasteiger partial charge < -0.3 is 5.32 Å². The largest absolute Gasteiger partial charge is 0.355 e. The molecule has 128 valence electrons. The molecule has 0 bridgehead atoms. The van der Waals surface area contributed by atoms with Crippen LogP contribution in [-0.2, 0) is 14.8 Å². The Labute approximate surface area is 147 Å². The summed E-state index contributed by atoms with van der Waals surface area (Å²) >= 11 is 5.83. The number of hydrogen-bond acceptors (Lipinski definition) is 3. The van der Waals surface area contributed by atoms with Crippen LogP contribution in [0.5, 0.6) is 0 Å². The van der Waals surface area contributed by atoms with Gasteiger partial charge in [-0.05, 0) is 42.8 Å². The normalized spacial score (nSPS) is 11.1. The van der Waals surface area contributed by atoms with Gasteiger partial charge in [-0.25, -0.2) is 8.42 Å². The second-order valence-electron chi connectivity index (χ2n) is 5.15. The summed E-state index contributed by atoms with van der Waals surface area (Å²) in [6.45, 7) is 2.15. The lowest BCUT2D eigenvalue weighted by Crippen LogP contribution is -2.41. The minimum atomic E-state index is -3.88. The van der Waals surface area contributed by atoms with Gasteiger partial charge in [-0.15, -0.1) is 0 Å². The number of nitrogens with one attached hydrogen (secondary N) is 1. The van der Waals surface area contributed by atoms with Crippen LogP contribution in [0.1, 0.15) is 13.3 Å². The number of sulfonamides is 1. The Morgan fingerprint density at radius 1 is 1.08 bits per heavy atom. The van der Waals surface area contributed by atoms with Gasteiger partial charge in [0.05, 0.1) is 10.6 Å². The molecule has 0 radical (unpaired) electrons. The third-order valence-electron chi connectivity index (χ3n) is 3.31. The van der Waals surface area contributed by atoms with Crippen molar-refractivity contribution in [3.8, 4) is 0 Å². The molecule has 0 atom stereocenters. The predicted octanol–water partition coefficient (Wildman–Crippen LogP) is 3.06. The fourth-order valence-electron chi connectivity index (χ4n) is 2.09. The SMILES string of the molecule is CCCNC(=O)CN(c1ccccc1)S(=O)(=O)c1ccc(Cl)cc1. The van der Waals surface area contributed by atoms with Gasteiger partial charge in [-0.3, -0.25) is 9.10 Å². The summed E-state index contributed by atoms with van der Waals surface area (Å²) in [5.74, 6) is -0.349. The zero-order valence-corrected chi connectivity index (χ0v) is 14.8. The number of anilines is 1. The van der Waals surface area contributed by atoms with Gasteiger partial charge in [0.15, 0.2) is 0 Å². The number of benzene rings is 2. The van der Waals surface area contributed by atoms with Crippen molar-refractivity contribution in [2.24, 2.45) is 0 Å². The average molecular weight is 367 g/mol. The van der Waals surface area contributed by atoms with Crippen LogP contribution in [0.15, 0.2) is 59.5 Å². The van der Waals surface area contributed by atoms with Crippen molar-refractivity contribution in [2.45, 2.75) is 18.2 Å². The zero-order valence-electron chi connectivity index (χ0n) is 13.3. The number of amides is 1. The average Bonchev–Trinajstić information content (AvgIpc) is 2.59. The summed E-state index contributed by atoms with van der Waals surface area (Å²) in [6.07, 6.45) is 0.779. The maximum Gasteiger partial charge on any atom is 0.264 e. The Morgan fingerprint density at radius 2 is 1.71 bits per heavy atom. The number of carbonyl (C=O) groups is 1. The molecule has 0 aliphatic rings. The van der Waals surface area contributed by atoms with E-state index in [-0.39, 0.29) is 17.3 Å². The van der Waals surface area contributed by atoms with Crippen LogP contribution < -0.4 is 9.62 Å². The molecule has 2 aromatic carbocycles. The Morgan fingerprint density at radius 3 is 2.29 bits per heavy atom. The highest BCUT2D eigenvalue weighted by atomic mass is 35.5. The van der Waals surface area contributed by atoms with E-state index in [1.165, 1.54) is 24.3 Å². The first-order chi connectivity index (χ1) is 11.4. The molecular formula is C17H19ClN2O3S. The molecule has 2 aromatic rings. The van der Waals surface area contributed by atoms with Crippen molar-refractivity contribution < 1.29 is 13.2 Å². The van der Waals surface area contributed by atoms with E-state index in [0.717, 1.165) is 10.7 Å². The quantitative estimate of drug-likeness (QED) is 0.818. The molecule has 0 spiro atoms. The van der Waals surface area contributed by atoms with Gasteiger partial charge >= 0.3 is 0 Å². The molecule has 5 nitrogen and oxygen atoms in total. The maximum absolute atomic E-state index is 13.0. The molecule has 0 aliphatic heterocycles. The Bertz CT molecular complexity index is 777. The molecule has 0 heterocycles. The highest BCUT2D eigenvalue weighted by Gasteiger charge is 2.26. The number of rotatable bonds is 7. The van der Waals surface area contributed by atoms with Gasteiger partial charge in [0.2, 0.25) is 5.91 Å². The van der Waals surface area contributed by atoms with Crippen molar-refractivity contribution in [1.82, 2.24) is 5.32 Å². The van der Waals surface area contributed by atoms with Crippen molar-refractivity contribution in [1.29, 1.82) is 0 Å². The molecule has 0 saturated heterocycles. The lowest BCUT2D eigenvalue weighted by Gasteiger charge is -2.24. The van der Waals surface area contributed by atoms with Gasteiger partial charge in [0, 0.05) is 11.6 Å². The van der Waals surface area contributed by atoms with Crippen molar-refractivity contribution in [3.05, 3.63) is 59.6 Å². The number of carbonyl (C=O) groups excluding carboxylic acids is 1. The first-order valence-electron chi connectivity index (χ1n) is 7.55. The minimum absolute atomic E-state index is 0.0824. The first kappa shape index (κ1) is 18.3. The standard InChI is InChI=1S/C17H19ClN2O3S/c1-2-12-19-17(21)13-20(15-6-4-3-5-7-15)24(22,23)16-10-8-14(18)9-11-16/h3-11H,2,12-13H2,1H3,(H,19,21). The van der Waals surface area contributed by atoms with E-state index in [9.17, 15) is 13.2 Å². The summed E-state index contributed by atoms with van der Waals surface area (Å²) in [6, 6.07) is 14.4. The Balaban J connectivity index is 2.38. The van der Waals surface area contributed by atoms with Gasteiger partial charge in [-0.2, -0.15) is 0 Å². The molecule has 1 N–H and O–H groups in total. The van der Waals surface area contributed by atoms with Crippen LogP contribution in [0.2, 0.25) is 5.02 Å². The summed E-state index contributed by atoms with van der Waals surface area (Å²) < 4.78 is 27.0. The molecular weight excluding hydrogens is 348 g/mol. The van der Waals surface area contributed by atoms with Crippen LogP contribution in [0.3, 0.4) is 0 Å². The fraction of sp³-hybridized carbons (Fsp3) is 0.235. The van der Waals surface area contributed by atoms with Crippen LogP contribution in [0.25, 0.3) is 0 Å². The number of halogens is 1. The van der Waals surface area contributed by atoms with E-state index in [0.29, 0.717) is 17.3 Å². The second-order valence-corrected chi connectivity index (χ2v) is 7.45. The summed E-state index contributed by atoms with van der Waals surface area (Å²) in [7, 11) is -3.88. The van der Waals surface area contributed by atoms with Gasteiger partial charge in [0.1, 0.15) is 6.54 Å². The molecule has 0 fully saturated rings. The Kier molecular flexibility index (Phi) is 6.23. The Hall–Kier alpha value is -2.05. The molecule has 0 aromatic heterocycles. The highest BCUT2D eigenvalue weighted by Crippen LogP contribution is 2.24. The van der Waals surface area contributed by atoms with Gasteiger partial charge in [0.25, 0.3) is 10.0 Å². The smallest absolute Gasteiger partial charge is 0.264 e. The van der Waals surface area contributed by atoms with Crippen molar-refractivity contribution in [3.63, 3.8) is 0 Å². The molecule has 24 heavy (non-hydrogen) atoms. The van der Waals surface area contributed by atoms with Crippen molar-refractivity contribution >= 4 is 33.2 Å². The van der Waals surface area contributed by atoms with E-state index in [1.54, 1.807) is 30.3 Å². The van der Waals surface area contributed by atoms with E-state index in [1.807, 2.05) is 6.92 Å². The topological polar surface area (TPSA) is 66.5 Å². The molecule has 0 saturated carbocycles. The number of hydrogen-bond donors (Lipinski definition) is 1. The molecule has 2 rings (SSSR count). The third kappa shape index (κ3) is 4.49. The highest BCUT2D eigenvalue weighted by molar-refractivity contribution is 7.92. The van der Waals surface area contributed by atoms with Crippen LogP contribution in [0, 0.1) is 0 Å². The van der Waals surface area contributed by atoms with Crippen molar-refractivity contribution in [2.75, 3.05) is 17.4 Å². The van der Waals surface area contributed by atoms with E-state index in [4.69, 9.17) is 11.6 Å². The van der Waals surface area contributed by atoms with Crippen LogP contribution in [-0.4, -0.2) is 27.4 Å². The second kappa shape index (κ2) is 8.17. The monoisotopic (exact) mass is 366 g/mol. The summed E-state index contributed by atoms with van der Waals surface area (Å²) in [5, 5.41) is 3.14. The van der Waals surface area contributed by atoms with E-state index < -0.39 is 10.0 Å². The molecule has 1 amide bonds. The summed E-state index contributed by atoms with van der Waals surface area (Å²) in [4.78, 5) is 12.2. The van der Waals surface area contributed by atoms with E-state index >= 15 is 0 Å². The van der Waals surface area contributed by atoms with Gasteiger partial charge in [-0.1, -0.05) is 36.7 Å². The van der Waals surface area contributed by atoms with Crippen LogP contribution >= 0.6 is 11.6 Å². The van der Waals surface area contributed by atoms with E-state index in [2.05, 4.69) is 5.32 Å². The molecule has 7 heteroatoms. The number of nitrogens with zero attached hydrogens (tertiary/aromatic N) is 1. The molecule has 0 unspecified atom stereocenters. The van der Waals surface area contributed by atoms with Crippen LogP contribution in [0.4, 0.5) is 5.69 Å². The minimum Gasteiger partial charge on any atom is -0.355 e. The number of para-hydroxylation sites is 1. The zero-order chi connectivity index (χ0) is 17.6. The fourth-order valence-corrected chi connectivity index (χ4v) is 3.64. The maximum atomic E-state index is 13.0. The predicted molar refractivity (Wildman–Crippen MR) is 95.7 cm³/mol. The third-order valence-corrected chi connectivity index (χ3v) is 5.35. The first-order valence-corrected chi connectivity index (χ1v) is 9.37. The lowest BCUT2D eigenvalue weighted by atomic mass is 10.3. The lowest BCUT2D eigenvalue weighted by molar-refractivity contribution is -0.119. The summed E-state index contributed by atoms with van der Waals surface area (Å²) in [5.41, 5.74) is 0.430.